The molecule has 192 valence electrons. The smallest absolute Gasteiger partial charge is 0.253 e. The second kappa shape index (κ2) is 9.61. The average Bonchev–Trinajstić information content (AvgIpc) is 3.64. The van der Waals surface area contributed by atoms with Crippen LogP contribution in [0.3, 0.4) is 0 Å². The molecule has 9 nitrogen and oxygen atoms in total. The van der Waals surface area contributed by atoms with E-state index in [1.54, 1.807) is 7.11 Å². The summed E-state index contributed by atoms with van der Waals surface area (Å²) in [5, 5.41) is 3.21. The van der Waals surface area contributed by atoms with Crippen molar-refractivity contribution in [3.05, 3.63) is 48.0 Å². The van der Waals surface area contributed by atoms with Gasteiger partial charge in [-0.25, -0.2) is 4.98 Å². The molecule has 3 fully saturated rings. The van der Waals surface area contributed by atoms with Crippen LogP contribution in [0.15, 0.2) is 36.7 Å². The number of imidazole rings is 1. The molecule has 2 bridgehead atoms. The van der Waals surface area contributed by atoms with E-state index >= 15 is 0 Å². The highest BCUT2D eigenvalue weighted by atomic mass is 16.5. The van der Waals surface area contributed by atoms with Crippen LogP contribution in [0, 0.1) is 5.92 Å². The van der Waals surface area contributed by atoms with Crippen molar-refractivity contribution >= 4 is 17.5 Å². The zero-order valence-corrected chi connectivity index (χ0v) is 21.1. The van der Waals surface area contributed by atoms with Crippen molar-refractivity contribution in [1.82, 2.24) is 24.7 Å². The quantitative estimate of drug-likeness (QED) is 0.683. The van der Waals surface area contributed by atoms with Gasteiger partial charge in [-0.2, -0.15) is 0 Å². The number of fused-ring (bicyclic) bond motifs is 4. The standard InChI is InChI=1S/C27H36N6O3/c1-36-17-16-31-13-10-28-24(31)19-30-11-5-9-29-25(34)22-18-20-6-4-12-33(20)27(22)21-7-2-3-8-23(21)32(15-14-30)26(27)35/h2-3,7-8,10,13,20,22H,4-6,9,11-12,14-19H2,1H3,(H,29,34)/t20-,22-,27+/m0/s1. The number of carbonyl (C=O) groups is 2. The summed E-state index contributed by atoms with van der Waals surface area (Å²) >= 11 is 0. The average molecular weight is 493 g/mol. The van der Waals surface area contributed by atoms with E-state index < -0.39 is 5.54 Å². The molecule has 2 amide bonds. The summed E-state index contributed by atoms with van der Waals surface area (Å²) in [5.74, 6) is 0.751. The van der Waals surface area contributed by atoms with Gasteiger partial charge in [-0.15, -0.1) is 0 Å². The summed E-state index contributed by atoms with van der Waals surface area (Å²) in [4.78, 5) is 39.3. The molecule has 0 saturated carbocycles. The Balaban J connectivity index is 1.33. The Hall–Kier alpha value is -2.75. The number of nitrogens with zero attached hydrogens (tertiary/aromatic N) is 5. The maximum atomic E-state index is 14.4. The Labute approximate surface area is 212 Å². The first kappa shape index (κ1) is 23.6. The van der Waals surface area contributed by atoms with E-state index in [0.717, 1.165) is 68.9 Å². The highest BCUT2D eigenvalue weighted by Crippen LogP contribution is 2.56. The van der Waals surface area contributed by atoms with Crippen molar-refractivity contribution in [2.75, 3.05) is 51.3 Å². The number of methoxy groups -OCH3 is 1. The third-order valence-electron chi connectivity index (χ3n) is 8.63. The Morgan fingerprint density at radius 1 is 1.14 bits per heavy atom. The van der Waals surface area contributed by atoms with Crippen molar-refractivity contribution < 1.29 is 14.3 Å². The second-order valence-electron chi connectivity index (χ2n) is 10.5. The molecule has 9 heteroatoms. The highest BCUT2D eigenvalue weighted by molar-refractivity contribution is 6.10. The predicted molar refractivity (Wildman–Crippen MR) is 135 cm³/mol. The molecule has 3 saturated heterocycles. The Morgan fingerprint density at radius 2 is 2.03 bits per heavy atom. The SMILES string of the molecule is COCCn1ccnc1CN1CCCNC(=O)[C@@H]2C[C@@H]3CCCN3[C@@]23C(=O)N(CC1)c1ccccc13. The number of aromatic nitrogens is 2. The summed E-state index contributed by atoms with van der Waals surface area (Å²) in [6, 6.07) is 8.46. The van der Waals surface area contributed by atoms with Crippen LogP contribution in [0.1, 0.15) is 37.1 Å². The van der Waals surface area contributed by atoms with Gasteiger partial charge < -0.3 is 19.5 Å². The molecular weight excluding hydrogens is 456 g/mol. The summed E-state index contributed by atoms with van der Waals surface area (Å²) in [6.45, 7) is 5.74. The number of hydrogen-bond acceptors (Lipinski definition) is 6. The highest BCUT2D eigenvalue weighted by Gasteiger charge is 2.67. The zero-order valence-electron chi connectivity index (χ0n) is 21.1. The van der Waals surface area contributed by atoms with Gasteiger partial charge in [-0.3, -0.25) is 19.4 Å². The van der Waals surface area contributed by atoms with Gasteiger partial charge in [0.1, 0.15) is 11.4 Å². The van der Waals surface area contributed by atoms with Gasteiger partial charge in [-0.1, -0.05) is 18.2 Å². The number of anilines is 1. The van der Waals surface area contributed by atoms with Gasteiger partial charge in [0.15, 0.2) is 0 Å². The van der Waals surface area contributed by atoms with E-state index in [0.29, 0.717) is 32.3 Å². The van der Waals surface area contributed by atoms with Crippen molar-refractivity contribution in [1.29, 1.82) is 0 Å². The monoisotopic (exact) mass is 492 g/mol. The maximum absolute atomic E-state index is 14.4. The molecule has 0 radical (unpaired) electrons. The van der Waals surface area contributed by atoms with Crippen LogP contribution in [-0.4, -0.2) is 83.6 Å². The molecular formula is C27H36N6O3. The fourth-order valence-electron chi connectivity index (χ4n) is 7.02. The van der Waals surface area contributed by atoms with Crippen LogP contribution < -0.4 is 10.2 Å². The fraction of sp³-hybridized carbons (Fsp3) is 0.593. The van der Waals surface area contributed by atoms with Gasteiger partial charge in [-0.05, 0) is 38.3 Å². The molecule has 1 spiro atoms. The lowest BCUT2D eigenvalue weighted by Crippen LogP contribution is -2.57. The molecule has 1 aromatic heterocycles. The normalized spacial score (nSPS) is 28.9. The number of amides is 2. The van der Waals surface area contributed by atoms with E-state index in [1.165, 1.54) is 0 Å². The van der Waals surface area contributed by atoms with Gasteiger partial charge in [0.25, 0.3) is 5.91 Å². The summed E-state index contributed by atoms with van der Waals surface area (Å²) in [5.41, 5.74) is 1.11. The zero-order chi connectivity index (χ0) is 24.7. The Kier molecular flexibility index (Phi) is 6.31. The minimum absolute atomic E-state index is 0.0247. The molecule has 0 aliphatic carbocycles. The van der Waals surface area contributed by atoms with Crippen molar-refractivity contribution in [2.24, 2.45) is 5.92 Å². The third kappa shape index (κ3) is 3.67. The second-order valence-corrected chi connectivity index (χ2v) is 10.5. The molecule has 36 heavy (non-hydrogen) atoms. The van der Waals surface area contributed by atoms with Crippen molar-refractivity contribution in [3.8, 4) is 0 Å². The van der Waals surface area contributed by atoms with Crippen LogP contribution in [0.2, 0.25) is 0 Å². The lowest BCUT2D eigenvalue weighted by molar-refractivity contribution is -0.139. The van der Waals surface area contributed by atoms with Crippen LogP contribution >= 0.6 is 0 Å². The summed E-state index contributed by atoms with van der Waals surface area (Å²) in [7, 11) is 1.71. The molecule has 4 aliphatic rings. The fourth-order valence-corrected chi connectivity index (χ4v) is 7.02. The molecule has 1 N–H and O–H groups in total. The number of hydrogen-bond donors (Lipinski definition) is 1. The molecule has 3 atom stereocenters. The Morgan fingerprint density at radius 3 is 2.92 bits per heavy atom. The number of carbonyl (C=O) groups excluding carboxylic acids is 2. The lowest BCUT2D eigenvalue weighted by atomic mass is 9.78. The van der Waals surface area contributed by atoms with Gasteiger partial charge in [0, 0.05) is 69.5 Å². The van der Waals surface area contributed by atoms with E-state index in [-0.39, 0.29) is 17.7 Å². The van der Waals surface area contributed by atoms with Gasteiger partial charge in [0.05, 0.1) is 19.1 Å². The first-order valence-corrected chi connectivity index (χ1v) is 13.3. The number of nitrogens with one attached hydrogen (secondary N) is 1. The molecule has 0 unspecified atom stereocenters. The number of rotatable bonds is 5. The van der Waals surface area contributed by atoms with Crippen LogP contribution in [-0.2, 0) is 33.0 Å². The number of benzene rings is 1. The first-order valence-electron chi connectivity index (χ1n) is 13.3. The van der Waals surface area contributed by atoms with Crippen LogP contribution in [0.5, 0.6) is 0 Å². The minimum Gasteiger partial charge on any atom is -0.383 e. The number of para-hydroxylation sites is 1. The van der Waals surface area contributed by atoms with Gasteiger partial charge in [0.2, 0.25) is 5.91 Å². The summed E-state index contributed by atoms with van der Waals surface area (Å²) < 4.78 is 7.38. The first-order chi connectivity index (χ1) is 17.6. The minimum atomic E-state index is -0.873. The molecule has 2 aromatic rings. The largest absolute Gasteiger partial charge is 0.383 e. The van der Waals surface area contributed by atoms with Crippen LogP contribution in [0.25, 0.3) is 0 Å². The van der Waals surface area contributed by atoms with E-state index in [4.69, 9.17) is 4.74 Å². The molecule has 1 aromatic carbocycles. The van der Waals surface area contributed by atoms with Crippen molar-refractivity contribution in [2.45, 2.75) is 50.4 Å². The lowest BCUT2D eigenvalue weighted by Gasteiger charge is -2.37. The maximum Gasteiger partial charge on any atom is 0.253 e. The number of ether oxygens (including phenoxy) is 1. The molecule has 6 rings (SSSR count). The van der Waals surface area contributed by atoms with E-state index in [9.17, 15) is 9.59 Å². The van der Waals surface area contributed by atoms with E-state index in [1.807, 2.05) is 29.4 Å². The molecule has 5 heterocycles. The third-order valence-corrected chi connectivity index (χ3v) is 8.63. The van der Waals surface area contributed by atoms with Gasteiger partial charge >= 0.3 is 0 Å². The van der Waals surface area contributed by atoms with Crippen molar-refractivity contribution in [3.63, 3.8) is 0 Å². The van der Waals surface area contributed by atoms with Crippen LogP contribution in [0.4, 0.5) is 5.69 Å². The topological polar surface area (TPSA) is 82.9 Å². The summed E-state index contributed by atoms with van der Waals surface area (Å²) in [6.07, 6.45) is 7.58. The molecule has 4 aliphatic heterocycles. The predicted octanol–water partition coefficient (Wildman–Crippen LogP) is 1.58. The Bertz CT molecular complexity index is 1130. The van der Waals surface area contributed by atoms with E-state index in [2.05, 4.69) is 36.8 Å².